The highest BCUT2D eigenvalue weighted by atomic mass is 16.5. The number of esters is 1. The van der Waals surface area contributed by atoms with Crippen LogP contribution >= 0.6 is 0 Å². The fraction of sp³-hybridized carbons (Fsp3) is 0.200. The summed E-state index contributed by atoms with van der Waals surface area (Å²) < 4.78 is 16.3. The van der Waals surface area contributed by atoms with Gasteiger partial charge >= 0.3 is 11.7 Å². The van der Waals surface area contributed by atoms with Crippen molar-refractivity contribution < 1.29 is 28.3 Å². The van der Waals surface area contributed by atoms with Crippen molar-refractivity contribution in [1.29, 1.82) is 0 Å². The summed E-state index contributed by atoms with van der Waals surface area (Å²) in [6.07, 6.45) is -0.142. The van der Waals surface area contributed by atoms with Crippen molar-refractivity contribution in [1.82, 2.24) is 9.88 Å². The molecule has 2 amide bonds. The van der Waals surface area contributed by atoms with Gasteiger partial charge in [0.15, 0.2) is 12.2 Å². The van der Waals surface area contributed by atoms with Crippen molar-refractivity contribution in [3.8, 4) is 5.75 Å². The van der Waals surface area contributed by atoms with Crippen molar-refractivity contribution in [2.45, 2.75) is 13.0 Å². The number of para-hydroxylation sites is 3. The van der Waals surface area contributed by atoms with Crippen LogP contribution in [0.25, 0.3) is 11.1 Å². The van der Waals surface area contributed by atoms with Crippen molar-refractivity contribution in [3.63, 3.8) is 0 Å². The molecular formula is C20H18N2O7. The lowest BCUT2D eigenvalue weighted by atomic mass is 10.2. The van der Waals surface area contributed by atoms with Crippen LogP contribution in [0.4, 0.5) is 0 Å². The Morgan fingerprint density at radius 2 is 1.79 bits per heavy atom. The van der Waals surface area contributed by atoms with Crippen LogP contribution in [0.2, 0.25) is 0 Å². The van der Waals surface area contributed by atoms with Crippen molar-refractivity contribution >= 4 is 28.9 Å². The SMILES string of the molecule is COc1ccccc1C(=O)NC(=O)COC(=O)CCn1c(=O)oc2ccccc21. The van der Waals surface area contributed by atoms with E-state index >= 15 is 0 Å². The summed E-state index contributed by atoms with van der Waals surface area (Å²) in [5, 5.41) is 2.12. The fourth-order valence-corrected chi connectivity index (χ4v) is 2.71. The number of fused-ring (bicyclic) bond motifs is 1. The number of aryl methyl sites for hydroxylation is 1. The molecule has 0 aliphatic rings. The molecule has 3 rings (SSSR count). The van der Waals surface area contributed by atoms with Gasteiger partial charge in [-0.3, -0.25) is 24.3 Å². The standard InChI is InChI=1S/C20H18N2O7/c1-27-15-8-4-2-6-13(15)19(25)21-17(23)12-28-18(24)10-11-22-14-7-3-5-9-16(14)29-20(22)26/h2-9H,10-12H2,1H3,(H,21,23,25). The van der Waals surface area contributed by atoms with Crippen LogP contribution < -0.4 is 15.8 Å². The zero-order chi connectivity index (χ0) is 20.8. The average molecular weight is 398 g/mol. The lowest BCUT2D eigenvalue weighted by Gasteiger charge is -2.09. The molecule has 0 radical (unpaired) electrons. The predicted octanol–water partition coefficient (Wildman–Crippen LogP) is 1.49. The Hall–Kier alpha value is -3.88. The van der Waals surface area contributed by atoms with Gasteiger partial charge in [0.25, 0.3) is 11.8 Å². The summed E-state index contributed by atoms with van der Waals surface area (Å²) in [5.41, 5.74) is 1.16. The molecule has 0 saturated carbocycles. The molecule has 0 atom stereocenters. The van der Waals surface area contributed by atoms with Gasteiger partial charge in [0, 0.05) is 6.54 Å². The van der Waals surface area contributed by atoms with Gasteiger partial charge in [-0.1, -0.05) is 24.3 Å². The van der Waals surface area contributed by atoms with Gasteiger partial charge in [-0.2, -0.15) is 0 Å². The monoisotopic (exact) mass is 398 g/mol. The number of carbonyl (C=O) groups is 3. The Balaban J connectivity index is 1.50. The Bertz CT molecular complexity index is 1110. The molecule has 150 valence electrons. The van der Waals surface area contributed by atoms with E-state index in [0.717, 1.165) is 0 Å². The molecule has 1 aromatic heterocycles. The number of methoxy groups -OCH3 is 1. The number of hydrogen-bond acceptors (Lipinski definition) is 7. The van der Waals surface area contributed by atoms with Crippen LogP contribution in [-0.2, 0) is 20.9 Å². The third-order valence-electron chi connectivity index (χ3n) is 4.08. The second-order valence-corrected chi connectivity index (χ2v) is 5.98. The number of nitrogens with zero attached hydrogens (tertiary/aromatic N) is 1. The Labute approximate surface area is 164 Å². The molecule has 9 nitrogen and oxygen atoms in total. The topological polar surface area (TPSA) is 117 Å². The summed E-state index contributed by atoms with van der Waals surface area (Å²) in [5.74, 6) is -2.41. The maximum Gasteiger partial charge on any atom is 0.419 e. The van der Waals surface area contributed by atoms with Crippen molar-refractivity contribution in [2.75, 3.05) is 13.7 Å². The molecule has 0 aliphatic carbocycles. The summed E-state index contributed by atoms with van der Waals surface area (Å²) in [7, 11) is 1.41. The second kappa shape index (κ2) is 8.87. The quantitative estimate of drug-likeness (QED) is 0.599. The van der Waals surface area contributed by atoms with Gasteiger partial charge in [0.1, 0.15) is 5.75 Å². The number of benzene rings is 2. The van der Waals surface area contributed by atoms with Crippen LogP contribution in [0.15, 0.2) is 57.7 Å². The number of oxazole rings is 1. The molecule has 0 bridgehead atoms. The number of ether oxygens (including phenoxy) is 2. The average Bonchev–Trinajstić information content (AvgIpc) is 3.05. The number of amides is 2. The molecule has 1 heterocycles. The third kappa shape index (κ3) is 4.70. The molecule has 1 N–H and O–H groups in total. The molecule has 2 aromatic carbocycles. The maximum absolute atomic E-state index is 12.1. The highest BCUT2D eigenvalue weighted by Crippen LogP contribution is 2.16. The third-order valence-corrected chi connectivity index (χ3v) is 4.08. The number of imide groups is 1. The van der Waals surface area contributed by atoms with E-state index in [4.69, 9.17) is 13.9 Å². The maximum atomic E-state index is 12.1. The zero-order valence-corrected chi connectivity index (χ0v) is 15.5. The number of hydrogen-bond donors (Lipinski definition) is 1. The zero-order valence-electron chi connectivity index (χ0n) is 15.5. The lowest BCUT2D eigenvalue weighted by Crippen LogP contribution is -2.34. The van der Waals surface area contributed by atoms with Gasteiger partial charge < -0.3 is 13.9 Å². The first-order valence-corrected chi connectivity index (χ1v) is 8.71. The predicted molar refractivity (Wildman–Crippen MR) is 102 cm³/mol. The summed E-state index contributed by atoms with van der Waals surface area (Å²) in [4.78, 5) is 47.7. The van der Waals surface area contributed by atoms with E-state index in [2.05, 4.69) is 5.32 Å². The van der Waals surface area contributed by atoms with Gasteiger partial charge in [0.2, 0.25) is 0 Å². The van der Waals surface area contributed by atoms with Crippen LogP contribution in [-0.4, -0.2) is 36.1 Å². The highest BCUT2D eigenvalue weighted by Gasteiger charge is 2.16. The van der Waals surface area contributed by atoms with E-state index < -0.39 is 30.1 Å². The van der Waals surface area contributed by atoms with Gasteiger partial charge in [-0.25, -0.2) is 4.79 Å². The molecular weight excluding hydrogens is 380 g/mol. The molecule has 0 unspecified atom stereocenters. The van der Waals surface area contributed by atoms with Crippen LogP contribution in [0, 0.1) is 0 Å². The van der Waals surface area contributed by atoms with E-state index in [-0.39, 0.29) is 18.5 Å². The summed E-state index contributed by atoms with van der Waals surface area (Å²) >= 11 is 0. The van der Waals surface area contributed by atoms with E-state index in [9.17, 15) is 19.2 Å². The molecule has 0 aliphatic heterocycles. The van der Waals surface area contributed by atoms with Gasteiger partial charge in [0.05, 0.1) is 24.6 Å². The fourth-order valence-electron chi connectivity index (χ4n) is 2.71. The van der Waals surface area contributed by atoms with E-state index in [1.165, 1.54) is 17.7 Å². The number of nitrogens with one attached hydrogen (secondary N) is 1. The lowest BCUT2D eigenvalue weighted by molar-refractivity contribution is -0.148. The first-order chi connectivity index (χ1) is 14.0. The van der Waals surface area contributed by atoms with E-state index in [1.807, 2.05) is 0 Å². The molecule has 29 heavy (non-hydrogen) atoms. The van der Waals surface area contributed by atoms with Crippen molar-refractivity contribution in [2.24, 2.45) is 0 Å². The van der Waals surface area contributed by atoms with Gasteiger partial charge in [-0.05, 0) is 24.3 Å². The first-order valence-electron chi connectivity index (χ1n) is 8.71. The second-order valence-electron chi connectivity index (χ2n) is 5.98. The first kappa shape index (κ1) is 19.9. The summed E-state index contributed by atoms with van der Waals surface area (Å²) in [6.45, 7) is -0.586. The van der Waals surface area contributed by atoms with E-state index in [1.54, 1.807) is 42.5 Å². The Morgan fingerprint density at radius 3 is 2.59 bits per heavy atom. The number of carbonyl (C=O) groups excluding carboxylic acids is 3. The molecule has 0 fully saturated rings. The summed E-state index contributed by atoms with van der Waals surface area (Å²) in [6, 6.07) is 13.2. The molecule has 3 aromatic rings. The highest BCUT2D eigenvalue weighted by molar-refractivity contribution is 6.06. The largest absolute Gasteiger partial charge is 0.496 e. The minimum Gasteiger partial charge on any atom is -0.496 e. The minimum atomic E-state index is -0.778. The molecule has 9 heteroatoms. The van der Waals surface area contributed by atoms with Crippen molar-refractivity contribution in [3.05, 3.63) is 64.6 Å². The van der Waals surface area contributed by atoms with Crippen LogP contribution in [0.3, 0.4) is 0 Å². The molecule has 0 saturated heterocycles. The number of rotatable bonds is 7. The Kier molecular flexibility index (Phi) is 6.08. The molecule has 0 spiro atoms. The van der Waals surface area contributed by atoms with Crippen LogP contribution in [0.1, 0.15) is 16.8 Å². The minimum absolute atomic E-state index is 0.0381. The number of aromatic nitrogens is 1. The smallest absolute Gasteiger partial charge is 0.419 e. The Morgan fingerprint density at radius 1 is 1.07 bits per heavy atom. The van der Waals surface area contributed by atoms with Gasteiger partial charge in [-0.15, -0.1) is 0 Å². The normalized spacial score (nSPS) is 10.5. The van der Waals surface area contributed by atoms with E-state index in [0.29, 0.717) is 16.8 Å². The van der Waals surface area contributed by atoms with Crippen LogP contribution in [0.5, 0.6) is 5.75 Å².